The average molecular weight is 298 g/mol. The molecule has 112 valence electrons. The van der Waals surface area contributed by atoms with E-state index in [1.807, 2.05) is 13.8 Å². The summed E-state index contributed by atoms with van der Waals surface area (Å²) in [5.74, 6) is 0. The summed E-state index contributed by atoms with van der Waals surface area (Å²) in [6.07, 6.45) is 1.63. The summed E-state index contributed by atoms with van der Waals surface area (Å²) < 4.78 is 34.7. The number of rotatable bonds is 8. The van der Waals surface area contributed by atoms with Crippen LogP contribution in [-0.4, -0.2) is 27.2 Å². The van der Waals surface area contributed by atoms with Crippen LogP contribution in [0.4, 0.5) is 0 Å². The molecule has 0 aromatic heterocycles. The SMILES string of the molecule is C=CCO[C@@H](C)C[C@H](C)OS(=O)(=O)c1ccc(C)cc1. The predicted molar refractivity (Wildman–Crippen MR) is 79.1 cm³/mol. The molecule has 0 aliphatic carbocycles. The highest BCUT2D eigenvalue weighted by atomic mass is 32.2. The van der Waals surface area contributed by atoms with Crippen LogP contribution in [0.2, 0.25) is 0 Å². The van der Waals surface area contributed by atoms with Crippen molar-refractivity contribution in [2.75, 3.05) is 6.61 Å². The molecule has 1 rings (SSSR count). The Morgan fingerprint density at radius 2 is 1.80 bits per heavy atom. The molecule has 0 radical (unpaired) electrons. The molecule has 0 aliphatic heterocycles. The minimum atomic E-state index is -3.72. The first-order valence-electron chi connectivity index (χ1n) is 6.57. The molecule has 0 saturated heterocycles. The molecule has 0 aliphatic rings. The highest BCUT2D eigenvalue weighted by Crippen LogP contribution is 2.17. The average Bonchev–Trinajstić information content (AvgIpc) is 2.36. The lowest BCUT2D eigenvalue weighted by Gasteiger charge is -2.17. The molecule has 0 spiro atoms. The maximum atomic E-state index is 12.1. The van der Waals surface area contributed by atoms with E-state index < -0.39 is 16.2 Å². The Labute approximate surface area is 121 Å². The molecule has 1 aromatic rings. The van der Waals surface area contributed by atoms with Gasteiger partial charge in [0, 0.05) is 6.42 Å². The van der Waals surface area contributed by atoms with Gasteiger partial charge in [-0.05, 0) is 32.9 Å². The van der Waals surface area contributed by atoms with E-state index in [1.54, 1.807) is 37.3 Å². The van der Waals surface area contributed by atoms with Crippen LogP contribution in [0, 0.1) is 6.92 Å². The molecule has 0 bridgehead atoms. The zero-order chi connectivity index (χ0) is 15.2. The molecule has 0 fully saturated rings. The van der Waals surface area contributed by atoms with Gasteiger partial charge in [-0.2, -0.15) is 8.42 Å². The van der Waals surface area contributed by atoms with Crippen molar-refractivity contribution >= 4 is 10.1 Å². The Hall–Kier alpha value is -1.17. The largest absolute Gasteiger partial charge is 0.374 e. The summed E-state index contributed by atoms with van der Waals surface area (Å²) in [5.41, 5.74) is 1.00. The van der Waals surface area contributed by atoms with Gasteiger partial charge < -0.3 is 4.74 Å². The summed E-state index contributed by atoms with van der Waals surface area (Å²) in [6.45, 7) is 9.51. The zero-order valence-corrected chi connectivity index (χ0v) is 13.0. The minimum Gasteiger partial charge on any atom is -0.374 e. The Morgan fingerprint density at radius 3 is 2.35 bits per heavy atom. The van der Waals surface area contributed by atoms with Gasteiger partial charge in [-0.25, -0.2) is 0 Å². The van der Waals surface area contributed by atoms with Crippen molar-refractivity contribution in [2.24, 2.45) is 0 Å². The van der Waals surface area contributed by atoms with Crippen molar-refractivity contribution in [2.45, 2.75) is 44.3 Å². The van der Waals surface area contributed by atoms with E-state index in [0.29, 0.717) is 13.0 Å². The van der Waals surface area contributed by atoms with Crippen LogP contribution < -0.4 is 0 Å². The topological polar surface area (TPSA) is 52.6 Å². The molecule has 0 unspecified atom stereocenters. The standard InChI is InChI=1S/C15H22O4S/c1-5-10-18-13(3)11-14(4)19-20(16,17)15-8-6-12(2)7-9-15/h5-9,13-14H,1,10-11H2,2-4H3/t13-,14-/m0/s1. The van der Waals surface area contributed by atoms with Gasteiger partial charge >= 0.3 is 0 Å². The molecular weight excluding hydrogens is 276 g/mol. The van der Waals surface area contributed by atoms with Crippen LogP contribution >= 0.6 is 0 Å². The third-order valence-corrected chi connectivity index (χ3v) is 4.19. The van der Waals surface area contributed by atoms with E-state index in [0.717, 1.165) is 5.56 Å². The molecule has 4 nitrogen and oxygen atoms in total. The van der Waals surface area contributed by atoms with Crippen LogP contribution in [0.5, 0.6) is 0 Å². The third kappa shape index (κ3) is 5.45. The number of benzene rings is 1. The van der Waals surface area contributed by atoms with Crippen molar-refractivity contribution in [1.29, 1.82) is 0 Å². The Kier molecular flexibility index (Phi) is 6.39. The summed E-state index contributed by atoms with van der Waals surface area (Å²) in [7, 11) is -3.72. The normalized spacial score (nSPS) is 14.8. The fourth-order valence-corrected chi connectivity index (χ4v) is 2.88. The fraction of sp³-hybridized carbons (Fsp3) is 0.467. The van der Waals surface area contributed by atoms with Gasteiger partial charge in [0.1, 0.15) is 0 Å². The van der Waals surface area contributed by atoms with Gasteiger partial charge in [0.15, 0.2) is 0 Å². The lowest BCUT2D eigenvalue weighted by Crippen LogP contribution is -2.22. The second kappa shape index (κ2) is 7.57. The van der Waals surface area contributed by atoms with E-state index in [4.69, 9.17) is 8.92 Å². The quantitative estimate of drug-likeness (QED) is 0.547. The summed E-state index contributed by atoms with van der Waals surface area (Å²) in [5, 5.41) is 0. The first kappa shape index (κ1) is 16.9. The summed E-state index contributed by atoms with van der Waals surface area (Å²) in [6, 6.07) is 6.59. The Bertz CT molecular complexity index is 519. The number of ether oxygens (including phenoxy) is 1. The highest BCUT2D eigenvalue weighted by Gasteiger charge is 2.20. The molecule has 1 aromatic carbocycles. The first-order chi connectivity index (χ1) is 9.35. The summed E-state index contributed by atoms with van der Waals surface area (Å²) >= 11 is 0. The Morgan fingerprint density at radius 1 is 1.20 bits per heavy atom. The second-order valence-electron chi connectivity index (χ2n) is 4.84. The van der Waals surface area contributed by atoms with Crippen molar-refractivity contribution in [1.82, 2.24) is 0 Å². The van der Waals surface area contributed by atoms with Gasteiger partial charge in [-0.3, -0.25) is 4.18 Å². The molecule has 0 heterocycles. The molecule has 0 saturated carbocycles. The van der Waals surface area contributed by atoms with Gasteiger partial charge in [-0.15, -0.1) is 6.58 Å². The lowest BCUT2D eigenvalue weighted by atomic mass is 10.2. The van der Waals surface area contributed by atoms with E-state index in [2.05, 4.69) is 6.58 Å². The molecule has 0 N–H and O–H groups in total. The van der Waals surface area contributed by atoms with Crippen molar-refractivity contribution in [3.8, 4) is 0 Å². The number of aryl methyl sites for hydroxylation is 1. The van der Waals surface area contributed by atoms with Crippen molar-refractivity contribution in [3.63, 3.8) is 0 Å². The lowest BCUT2D eigenvalue weighted by molar-refractivity contribution is 0.0529. The monoisotopic (exact) mass is 298 g/mol. The molecule has 20 heavy (non-hydrogen) atoms. The van der Waals surface area contributed by atoms with E-state index in [1.165, 1.54) is 0 Å². The maximum absolute atomic E-state index is 12.1. The predicted octanol–water partition coefficient (Wildman–Crippen LogP) is 3.07. The molecular formula is C15H22O4S. The van der Waals surface area contributed by atoms with Crippen LogP contribution in [0.15, 0.2) is 41.8 Å². The summed E-state index contributed by atoms with van der Waals surface area (Å²) in [4.78, 5) is 0.176. The van der Waals surface area contributed by atoms with Crippen LogP contribution in [-0.2, 0) is 19.0 Å². The second-order valence-corrected chi connectivity index (χ2v) is 6.41. The van der Waals surface area contributed by atoms with Gasteiger partial charge in [-0.1, -0.05) is 23.8 Å². The molecule has 0 amide bonds. The zero-order valence-electron chi connectivity index (χ0n) is 12.2. The van der Waals surface area contributed by atoms with Crippen LogP contribution in [0.1, 0.15) is 25.8 Å². The van der Waals surface area contributed by atoms with Crippen molar-refractivity contribution in [3.05, 3.63) is 42.5 Å². The number of hydrogen-bond donors (Lipinski definition) is 0. The highest BCUT2D eigenvalue weighted by molar-refractivity contribution is 7.86. The maximum Gasteiger partial charge on any atom is 0.297 e. The van der Waals surface area contributed by atoms with Crippen LogP contribution in [0.25, 0.3) is 0 Å². The first-order valence-corrected chi connectivity index (χ1v) is 7.98. The smallest absolute Gasteiger partial charge is 0.297 e. The van der Waals surface area contributed by atoms with E-state index in [-0.39, 0.29) is 11.0 Å². The molecule has 2 atom stereocenters. The van der Waals surface area contributed by atoms with E-state index in [9.17, 15) is 8.42 Å². The van der Waals surface area contributed by atoms with Crippen LogP contribution in [0.3, 0.4) is 0 Å². The van der Waals surface area contributed by atoms with Crippen molar-refractivity contribution < 1.29 is 17.3 Å². The van der Waals surface area contributed by atoms with Gasteiger partial charge in [0.05, 0.1) is 23.7 Å². The third-order valence-electron chi connectivity index (χ3n) is 2.76. The number of hydrogen-bond acceptors (Lipinski definition) is 4. The van der Waals surface area contributed by atoms with Gasteiger partial charge in [0.25, 0.3) is 10.1 Å². The fourth-order valence-electron chi connectivity index (χ4n) is 1.78. The van der Waals surface area contributed by atoms with E-state index >= 15 is 0 Å². The van der Waals surface area contributed by atoms with Gasteiger partial charge in [0.2, 0.25) is 0 Å². The molecule has 5 heteroatoms. The Balaban J connectivity index is 2.61. The minimum absolute atomic E-state index is 0.0868.